The number of rotatable bonds is 4. The molecule has 1 unspecified atom stereocenters. The standard InChI is InChI=1S/C24H30N4O/c29-24(25-14-19-10-11-19)27-16-21-8-4-5-9-23(21)28-13-12-26(17-22(28)18-27)15-20-6-2-1-3-7-20/h1-9,19,22H,10-18H2,(H,25,29). The predicted octanol–water partition coefficient (Wildman–Crippen LogP) is 3.31. The largest absolute Gasteiger partial charge is 0.364 e. The van der Waals surface area contributed by atoms with E-state index in [2.05, 4.69) is 69.7 Å². The van der Waals surface area contributed by atoms with E-state index in [1.807, 2.05) is 4.90 Å². The average Bonchev–Trinajstić information content (AvgIpc) is 3.58. The van der Waals surface area contributed by atoms with Crippen LogP contribution in [0.5, 0.6) is 0 Å². The molecule has 1 aliphatic carbocycles. The summed E-state index contributed by atoms with van der Waals surface area (Å²) >= 11 is 0. The number of hydrogen-bond donors (Lipinski definition) is 1. The molecule has 152 valence electrons. The van der Waals surface area contributed by atoms with Gasteiger partial charge in [0.2, 0.25) is 0 Å². The molecule has 1 saturated carbocycles. The molecule has 0 bridgehead atoms. The monoisotopic (exact) mass is 390 g/mol. The maximum absolute atomic E-state index is 12.9. The molecule has 1 atom stereocenters. The lowest BCUT2D eigenvalue weighted by atomic mass is 10.1. The normalized spacial score (nSPS) is 21.9. The van der Waals surface area contributed by atoms with Gasteiger partial charge in [0.15, 0.2) is 0 Å². The Morgan fingerprint density at radius 2 is 1.76 bits per heavy atom. The molecule has 2 aliphatic heterocycles. The van der Waals surface area contributed by atoms with Gasteiger partial charge in [0.1, 0.15) is 0 Å². The van der Waals surface area contributed by atoms with Crippen LogP contribution in [0.3, 0.4) is 0 Å². The van der Waals surface area contributed by atoms with Crippen LogP contribution in [0.1, 0.15) is 24.0 Å². The summed E-state index contributed by atoms with van der Waals surface area (Å²) in [7, 11) is 0. The molecule has 2 amide bonds. The lowest BCUT2D eigenvalue weighted by molar-refractivity contribution is 0.169. The first-order valence-electron chi connectivity index (χ1n) is 10.9. The number of urea groups is 1. The number of amides is 2. The fourth-order valence-electron chi connectivity index (χ4n) is 4.65. The maximum Gasteiger partial charge on any atom is 0.317 e. The van der Waals surface area contributed by atoms with Crippen molar-refractivity contribution in [3.63, 3.8) is 0 Å². The van der Waals surface area contributed by atoms with E-state index < -0.39 is 0 Å². The second-order valence-corrected chi connectivity index (χ2v) is 8.71. The van der Waals surface area contributed by atoms with Crippen molar-refractivity contribution in [2.75, 3.05) is 37.6 Å². The lowest BCUT2D eigenvalue weighted by Crippen LogP contribution is -2.57. The molecule has 29 heavy (non-hydrogen) atoms. The first-order chi connectivity index (χ1) is 14.3. The number of carbonyl (C=O) groups excluding carboxylic acids is 1. The van der Waals surface area contributed by atoms with E-state index >= 15 is 0 Å². The van der Waals surface area contributed by atoms with Crippen molar-refractivity contribution in [1.29, 1.82) is 0 Å². The highest BCUT2D eigenvalue weighted by Gasteiger charge is 2.34. The summed E-state index contributed by atoms with van der Waals surface area (Å²) in [6, 6.07) is 19.7. The highest BCUT2D eigenvalue weighted by Crippen LogP contribution is 2.31. The summed E-state index contributed by atoms with van der Waals surface area (Å²) in [6.45, 7) is 6.30. The average molecular weight is 391 g/mol. The topological polar surface area (TPSA) is 38.8 Å². The van der Waals surface area contributed by atoms with Crippen LogP contribution in [0.15, 0.2) is 54.6 Å². The molecule has 5 heteroatoms. The van der Waals surface area contributed by atoms with Gasteiger partial charge >= 0.3 is 6.03 Å². The van der Waals surface area contributed by atoms with Gasteiger partial charge in [-0.1, -0.05) is 48.5 Å². The van der Waals surface area contributed by atoms with E-state index in [1.54, 1.807) is 0 Å². The summed E-state index contributed by atoms with van der Waals surface area (Å²) in [6.07, 6.45) is 2.52. The number of nitrogens with zero attached hydrogens (tertiary/aromatic N) is 3. The van der Waals surface area contributed by atoms with Crippen molar-refractivity contribution in [1.82, 2.24) is 15.1 Å². The summed E-state index contributed by atoms with van der Waals surface area (Å²) in [5, 5.41) is 3.17. The molecule has 3 aliphatic rings. The molecule has 2 heterocycles. The Kier molecular flexibility index (Phi) is 5.15. The number of carbonyl (C=O) groups is 1. The number of benzene rings is 2. The van der Waals surface area contributed by atoms with Crippen molar-refractivity contribution >= 4 is 11.7 Å². The van der Waals surface area contributed by atoms with E-state index in [-0.39, 0.29) is 6.03 Å². The van der Waals surface area contributed by atoms with Crippen LogP contribution >= 0.6 is 0 Å². The van der Waals surface area contributed by atoms with Crippen molar-refractivity contribution < 1.29 is 4.79 Å². The fraction of sp³-hybridized carbons (Fsp3) is 0.458. The zero-order valence-corrected chi connectivity index (χ0v) is 17.0. The lowest BCUT2D eigenvalue weighted by Gasteiger charge is -2.43. The van der Waals surface area contributed by atoms with E-state index in [0.717, 1.165) is 39.3 Å². The number of fused-ring (bicyclic) bond motifs is 3. The van der Waals surface area contributed by atoms with Gasteiger partial charge in [-0.15, -0.1) is 0 Å². The van der Waals surface area contributed by atoms with Crippen LogP contribution in [-0.2, 0) is 13.1 Å². The molecule has 2 fully saturated rings. The van der Waals surface area contributed by atoms with Gasteiger partial charge in [0.05, 0.1) is 6.04 Å². The SMILES string of the molecule is O=C(NCC1CC1)N1Cc2ccccc2N2CCN(Cc3ccccc3)CC2C1. The Morgan fingerprint density at radius 1 is 0.966 bits per heavy atom. The van der Waals surface area contributed by atoms with E-state index in [9.17, 15) is 4.79 Å². The Hall–Kier alpha value is -2.53. The second-order valence-electron chi connectivity index (χ2n) is 8.71. The highest BCUT2D eigenvalue weighted by molar-refractivity contribution is 5.75. The fourth-order valence-corrected chi connectivity index (χ4v) is 4.65. The molecule has 5 rings (SSSR count). The van der Waals surface area contributed by atoms with Crippen LogP contribution in [0, 0.1) is 5.92 Å². The van der Waals surface area contributed by atoms with E-state index in [4.69, 9.17) is 0 Å². The number of para-hydroxylation sites is 1. The van der Waals surface area contributed by atoms with Gasteiger partial charge in [-0.3, -0.25) is 4.90 Å². The molecular formula is C24H30N4O. The van der Waals surface area contributed by atoms with Gasteiger partial charge in [-0.25, -0.2) is 4.79 Å². The van der Waals surface area contributed by atoms with E-state index in [1.165, 1.54) is 29.7 Å². The number of piperazine rings is 1. The first kappa shape index (κ1) is 18.5. The van der Waals surface area contributed by atoms with Crippen LogP contribution < -0.4 is 10.2 Å². The van der Waals surface area contributed by atoms with Crippen molar-refractivity contribution in [2.45, 2.75) is 32.0 Å². The molecule has 0 aromatic heterocycles. The number of anilines is 1. The summed E-state index contributed by atoms with van der Waals surface area (Å²) < 4.78 is 0. The minimum absolute atomic E-state index is 0.0914. The van der Waals surface area contributed by atoms with Crippen molar-refractivity contribution in [3.05, 3.63) is 65.7 Å². The zero-order valence-electron chi connectivity index (χ0n) is 17.0. The Labute approximate surface area is 173 Å². The van der Waals surface area contributed by atoms with E-state index in [0.29, 0.717) is 18.5 Å². The molecule has 0 radical (unpaired) electrons. The minimum atomic E-state index is 0.0914. The number of hydrogen-bond acceptors (Lipinski definition) is 3. The molecule has 0 spiro atoms. The first-order valence-corrected chi connectivity index (χ1v) is 10.9. The molecule has 2 aromatic carbocycles. The molecular weight excluding hydrogens is 360 g/mol. The highest BCUT2D eigenvalue weighted by atomic mass is 16.2. The maximum atomic E-state index is 12.9. The third-order valence-electron chi connectivity index (χ3n) is 6.44. The third kappa shape index (κ3) is 4.25. The van der Waals surface area contributed by atoms with Crippen LogP contribution in [0.25, 0.3) is 0 Å². The summed E-state index contributed by atoms with van der Waals surface area (Å²) in [4.78, 5) is 20.0. The smallest absolute Gasteiger partial charge is 0.317 e. The quantitative estimate of drug-likeness (QED) is 0.871. The van der Waals surface area contributed by atoms with Crippen molar-refractivity contribution in [3.8, 4) is 0 Å². The Bertz CT molecular complexity index is 851. The Balaban J connectivity index is 1.33. The van der Waals surface area contributed by atoms with Crippen LogP contribution in [-0.4, -0.2) is 54.6 Å². The summed E-state index contributed by atoms with van der Waals surface area (Å²) in [5.74, 6) is 0.700. The predicted molar refractivity (Wildman–Crippen MR) is 116 cm³/mol. The van der Waals surface area contributed by atoms with Gasteiger partial charge < -0.3 is 15.1 Å². The Morgan fingerprint density at radius 3 is 2.59 bits per heavy atom. The molecule has 1 N–H and O–H groups in total. The number of nitrogens with one attached hydrogen (secondary N) is 1. The van der Waals surface area contributed by atoms with Crippen LogP contribution in [0.2, 0.25) is 0 Å². The summed E-state index contributed by atoms with van der Waals surface area (Å²) in [5.41, 5.74) is 3.91. The van der Waals surface area contributed by atoms with Gasteiger partial charge in [0.25, 0.3) is 0 Å². The molecule has 1 saturated heterocycles. The van der Waals surface area contributed by atoms with Crippen LogP contribution in [0.4, 0.5) is 10.5 Å². The molecule has 5 nitrogen and oxygen atoms in total. The third-order valence-corrected chi connectivity index (χ3v) is 6.44. The minimum Gasteiger partial charge on any atom is -0.364 e. The molecule has 2 aromatic rings. The van der Waals surface area contributed by atoms with Gasteiger partial charge in [-0.05, 0) is 36.0 Å². The van der Waals surface area contributed by atoms with Crippen molar-refractivity contribution in [2.24, 2.45) is 5.92 Å². The van der Waals surface area contributed by atoms with Gasteiger partial charge in [-0.2, -0.15) is 0 Å². The second kappa shape index (κ2) is 8.07. The zero-order chi connectivity index (χ0) is 19.6. The van der Waals surface area contributed by atoms with Gasteiger partial charge in [0, 0.05) is 51.5 Å².